The van der Waals surface area contributed by atoms with Crippen molar-refractivity contribution in [1.29, 1.82) is 0 Å². The van der Waals surface area contributed by atoms with E-state index in [9.17, 15) is 13.2 Å². The molecule has 0 radical (unpaired) electrons. The molecular formula is C22H29N3O4S2. The van der Waals surface area contributed by atoms with Crippen LogP contribution >= 0.6 is 11.8 Å². The topological polar surface area (TPSA) is 88.6 Å². The number of sulfonamides is 1. The Kier molecular flexibility index (Phi) is 8.10. The van der Waals surface area contributed by atoms with Crippen LogP contribution < -0.4 is 5.32 Å². The molecular weight excluding hydrogens is 434 g/mol. The third-order valence-electron chi connectivity index (χ3n) is 5.34. The molecule has 1 aliphatic rings. The quantitative estimate of drug-likeness (QED) is 0.600. The van der Waals surface area contributed by atoms with Gasteiger partial charge in [0.1, 0.15) is 4.90 Å². The molecule has 168 valence electrons. The van der Waals surface area contributed by atoms with E-state index in [1.807, 2.05) is 24.3 Å². The maximum atomic E-state index is 12.7. The number of hydrogen-bond acceptors (Lipinski definition) is 6. The first-order valence-electron chi connectivity index (χ1n) is 10.4. The Morgan fingerprint density at radius 2 is 1.84 bits per heavy atom. The molecule has 2 heterocycles. The van der Waals surface area contributed by atoms with Crippen LogP contribution in [0.2, 0.25) is 0 Å². The number of carbonyl (C=O) groups excluding carboxylic acids is 1. The van der Waals surface area contributed by atoms with Crippen LogP contribution in [0.1, 0.15) is 38.7 Å². The number of benzene rings is 1. The van der Waals surface area contributed by atoms with Gasteiger partial charge in [0.05, 0.1) is 23.5 Å². The number of aromatic nitrogens is 1. The van der Waals surface area contributed by atoms with Gasteiger partial charge in [-0.2, -0.15) is 4.31 Å². The molecule has 31 heavy (non-hydrogen) atoms. The molecule has 0 saturated carbocycles. The van der Waals surface area contributed by atoms with Gasteiger partial charge in [-0.3, -0.25) is 4.79 Å². The highest BCUT2D eigenvalue weighted by atomic mass is 32.2. The van der Waals surface area contributed by atoms with Crippen molar-refractivity contribution >= 4 is 33.4 Å². The van der Waals surface area contributed by atoms with Crippen molar-refractivity contribution in [2.24, 2.45) is 0 Å². The zero-order chi connectivity index (χ0) is 22.4. The number of thioether (sulfide) groups is 1. The second-order valence-electron chi connectivity index (χ2n) is 7.53. The molecule has 0 aliphatic carbocycles. The van der Waals surface area contributed by atoms with E-state index in [1.165, 1.54) is 27.8 Å². The summed E-state index contributed by atoms with van der Waals surface area (Å²) >= 11 is 1.29. The monoisotopic (exact) mass is 463 g/mol. The molecule has 1 N–H and O–H groups in total. The number of nitrogens with one attached hydrogen (secondary N) is 1. The zero-order valence-electron chi connectivity index (χ0n) is 18.1. The van der Waals surface area contributed by atoms with Crippen molar-refractivity contribution in [1.82, 2.24) is 9.29 Å². The highest BCUT2D eigenvalue weighted by Gasteiger charge is 2.26. The zero-order valence-corrected chi connectivity index (χ0v) is 19.7. The highest BCUT2D eigenvalue weighted by Crippen LogP contribution is 2.25. The summed E-state index contributed by atoms with van der Waals surface area (Å²) in [5, 5.41) is 3.13. The SMILES string of the molecule is CC[C@@H](C)c1ccc(NC(=O)[C@H](C)Sc2ccc(S(=O)(=O)N3CCOCC3)cn2)cc1. The van der Waals surface area contributed by atoms with E-state index >= 15 is 0 Å². The third kappa shape index (κ3) is 6.06. The van der Waals surface area contributed by atoms with Crippen molar-refractivity contribution in [2.75, 3.05) is 31.6 Å². The van der Waals surface area contributed by atoms with E-state index in [-0.39, 0.29) is 16.1 Å². The Morgan fingerprint density at radius 3 is 2.42 bits per heavy atom. The molecule has 0 bridgehead atoms. The summed E-state index contributed by atoms with van der Waals surface area (Å²) in [6.45, 7) is 7.60. The lowest BCUT2D eigenvalue weighted by atomic mass is 9.99. The second-order valence-corrected chi connectivity index (χ2v) is 10.8. The van der Waals surface area contributed by atoms with Crippen LogP contribution in [0.5, 0.6) is 0 Å². The predicted octanol–water partition coefficient (Wildman–Crippen LogP) is 3.74. The fraction of sp³-hybridized carbons (Fsp3) is 0.455. The number of ether oxygens (including phenoxy) is 1. The van der Waals surface area contributed by atoms with Gasteiger partial charge in [-0.15, -0.1) is 0 Å². The van der Waals surface area contributed by atoms with Crippen LogP contribution in [-0.2, 0) is 19.6 Å². The van der Waals surface area contributed by atoms with Gasteiger partial charge in [0, 0.05) is 25.0 Å². The smallest absolute Gasteiger partial charge is 0.244 e. The van der Waals surface area contributed by atoms with Crippen molar-refractivity contribution in [3.63, 3.8) is 0 Å². The lowest BCUT2D eigenvalue weighted by Gasteiger charge is -2.25. The number of morpholine rings is 1. The first-order valence-corrected chi connectivity index (χ1v) is 12.7. The summed E-state index contributed by atoms with van der Waals surface area (Å²) in [4.78, 5) is 17.0. The summed E-state index contributed by atoms with van der Waals surface area (Å²) in [5.41, 5.74) is 2.00. The van der Waals surface area contributed by atoms with Gasteiger partial charge in [-0.05, 0) is 49.1 Å². The Balaban J connectivity index is 1.58. The summed E-state index contributed by atoms with van der Waals surface area (Å²) in [6.07, 6.45) is 2.42. The minimum Gasteiger partial charge on any atom is -0.379 e. The first kappa shape index (κ1) is 23.7. The largest absolute Gasteiger partial charge is 0.379 e. The number of amides is 1. The number of pyridine rings is 1. The van der Waals surface area contributed by atoms with E-state index in [0.29, 0.717) is 37.2 Å². The van der Waals surface area contributed by atoms with E-state index < -0.39 is 10.0 Å². The van der Waals surface area contributed by atoms with Gasteiger partial charge in [-0.25, -0.2) is 13.4 Å². The van der Waals surface area contributed by atoms with Crippen LogP contribution in [0.25, 0.3) is 0 Å². The van der Waals surface area contributed by atoms with Crippen molar-refractivity contribution in [2.45, 2.75) is 48.3 Å². The third-order valence-corrected chi connectivity index (χ3v) is 8.28. The van der Waals surface area contributed by atoms with Gasteiger partial charge in [0.15, 0.2) is 0 Å². The number of carbonyl (C=O) groups is 1. The van der Waals surface area contributed by atoms with Gasteiger partial charge < -0.3 is 10.1 Å². The lowest BCUT2D eigenvalue weighted by Crippen LogP contribution is -2.40. The van der Waals surface area contributed by atoms with Crippen molar-refractivity contribution < 1.29 is 17.9 Å². The van der Waals surface area contributed by atoms with Crippen LogP contribution in [0, 0.1) is 0 Å². The fourth-order valence-corrected chi connectivity index (χ4v) is 5.28. The first-order chi connectivity index (χ1) is 14.8. The lowest BCUT2D eigenvalue weighted by molar-refractivity contribution is -0.115. The predicted molar refractivity (Wildman–Crippen MR) is 123 cm³/mol. The molecule has 1 amide bonds. The minimum atomic E-state index is -3.57. The van der Waals surface area contributed by atoms with E-state index in [1.54, 1.807) is 19.1 Å². The summed E-state index contributed by atoms with van der Waals surface area (Å²) in [6, 6.07) is 11.1. The molecule has 0 spiro atoms. The number of nitrogens with zero attached hydrogens (tertiary/aromatic N) is 2. The molecule has 1 saturated heterocycles. The molecule has 1 fully saturated rings. The van der Waals surface area contributed by atoms with Crippen LogP contribution in [0.3, 0.4) is 0 Å². The summed E-state index contributed by atoms with van der Waals surface area (Å²) in [7, 11) is -3.57. The highest BCUT2D eigenvalue weighted by molar-refractivity contribution is 8.00. The van der Waals surface area contributed by atoms with E-state index in [2.05, 4.69) is 24.1 Å². The summed E-state index contributed by atoms with van der Waals surface area (Å²) < 4.78 is 32.0. The molecule has 1 aromatic heterocycles. The average molecular weight is 464 g/mol. The number of anilines is 1. The summed E-state index contributed by atoms with van der Waals surface area (Å²) in [5.74, 6) is 0.355. The molecule has 0 unspecified atom stereocenters. The Hall–Kier alpha value is -1.94. The Labute approximate surface area is 188 Å². The standard InChI is InChI=1S/C22H29N3O4S2/c1-4-16(2)18-5-7-19(8-6-18)24-22(26)17(3)30-21-10-9-20(15-23-21)31(27,28)25-11-13-29-14-12-25/h5-10,15-17H,4,11-14H2,1-3H3,(H,24,26)/t16-,17+/m1/s1. The molecule has 1 aliphatic heterocycles. The Morgan fingerprint density at radius 1 is 1.16 bits per heavy atom. The van der Waals surface area contributed by atoms with Gasteiger partial charge in [0.25, 0.3) is 0 Å². The average Bonchev–Trinajstić information content (AvgIpc) is 2.80. The number of rotatable bonds is 8. The molecule has 2 atom stereocenters. The molecule has 2 aromatic rings. The fourth-order valence-electron chi connectivity index (χ4n) is 3.13. The molecule has 7 nitrogen and oxygen atoms in total. The van der Waals surface area contributed by atoms with Crippen LogP contribution in [0.15, 0.2) is 52.5 Å². The molecule has 1 aromatic carbocycles. The molecule has 3 rings (SSSR count). The van der Waals surface area contributed by atoms with Crippen LogP contribution in [0.4, 0.5) is 5.69 Å². The normalized spacial score (nSPS) is 17.1. The van der Waals surface area contributed by atoms with Gasteiger partial charge in [0.2, 0.25) is 15.9 Å². The maximum Gasteiger partial charge on any atom is 0.244 e. The van der Waals surface area contributed by atoms with E-state index in [4.69, 9.17) is 4.74 Å². The van der Waals surface area contributed by atoms with Gasteiger partial charge in [-0.1, -0.05) is 37.7 Å². The van der Waals surface area contributed by atoms with E-state index in [0.717, 1.165) is 12.1 Å². The Bertz CT molecular complexity index is 973. The minimum absolute atomic E-state index is 0.131. The van der Waals surface area contributed by atoms with Crippen molar-refractivity contribution in [3.05, 3.63) is 48.2 Å². The van der Waals surface area contributed by atoms with Crippen molar-refractivity contribution in [3.8, 4) is 0 Å². The second kappa shape index (κ2) is 10.6. The number of hydrogen-bond donors (Lipinski definition) is 1. The van der Waals surface area contributed by atoms with Crippen LogP contribution in [-0.4, -0.2) is 55.2 Å². The van der Waals surface area contributed by atoms with Gasteiger partial charge >= 0.3 is 0 Å². The maximum absolute atomic E-state index is 12.7. The molecule has 9 heteroatoms.